The minimum Gasteiger partial charge on any atom is -0.493 e. The smallest absolute Gasteiger partial charge is 0.322 e. The predicted molar refractivity (Wildman–Crippen MR) is 148 cm³/mol. The van der Waals surface area contributed by atoms with Gasteiger partial charge in [0.25, 0.3) is 0 Å². The topological polar surface area (TPSA) is 71.1 Å². The Kier molecular flexibility index (Phi) is 8.71. The van der Waals surface area contributed by atoms with Crippen LogP contribution in [0.25, 0.3) is 0 Å². The van der Waals surface area contributed by atoms with E-state index in [1.165, 1.54) is 4.88 Å². The van der Waals surface area contributed by atoms with E-state index in [-0.39, 0.29) is 30.6 Å². The Morgan fingerprint density at radius 3 is 2.57 bits per heavy atom. The first-order chi connectivity index (χ1) is 17.9. The molecule has 196 valence electrons. The molecule has 7 nitrogen and oxygen atoms in total. The number of amides is 3. The Balaban J connectivity index is 1.51. The molecule has 1 aliphatic heterocycles. The second kappa shape index (κ2) is 12.1. The number of carbonyl (C=O) groups is 2. The number of benzene rings is 2. The second-order valence-electron chi connectivity index (χ2n) is 9.30. The molecule has 0 radical (unpaired) electrons. The molecular weight excluding hydrogens is 486 g/mol. The highest BCUT2D eigenvalue weighted by atomic mass is 32.1. The number of fused-ring (bicyclic) bond motifs is 1. The lowest BCUT2D eigenvalue weighted by Gasteiger charge is -2.38. The van der Waals surface area contributed by atoms with Crippen molar-refractivity contribution >= 4 is 29.0 Å². The summed E-state index contributed by atoms with van der Waals surface area (Å²) in [5, 5.41) is 5.02. The Labute approximate surface area is 223 Å². The van der Waals surface area contributed by atoms with Crippen molar-refractivity contribution in [3.05, 3.63) is 76.0 Å². The zero-order valence-electron chi connectivity index (χ0n) is 21.9. The molecule has 1 aliphatic rings. The lowest BCUT2D eigenvalue weighted by atomic mass is 10.00. The number of nitrogens with zero attached hydrogens (tertiary/aromatic N) is 2. The van der Waals surface area contributed by atoms with E-state index in [4.69, 9.17) is 9.47 Å². The van der Waals surface area contributed by atoms with E-state index in [1.807, 2.05) is 74.2 Å². The van der Waals surface area contributed by atoms with Crippen molar-refractivity contribution in [1.29, 1.82) is 0 Å². The molecule has 3 aromatic rings. The number of hydrogen-bond donors (Lipinski definition) is 1. The number of urea groups is 1. The van der Waals surface area contributed by atoms with E-state index in [1.54, 1.807) is 23.3 Å². The molecule has 0 aliphatic carbocycles. The highest BCUT2D eigenvalue weighted by Crippen LogP contribution is 2.35. The minimum absolute atomic E-state index is 0.00265. The molecule has 0 unspecified atom stereocenters. The summed E-state index contributed by atoms with van der Waals surface area (Å²) in [4.78, 5) is 31.7. The average Bonchev–Trinajstić information content (AvgIpc) is 3.40. The summed E-state index contributed by atoms with van der Waals surface area (Å²) < 4.78 is 11.6. The van der Waals surface area contributed by atoms with E-state index in [0.717, 1.165) is 24.0 Å². The van der Waals surface area contributed by atoms with E-state index >= 15 is 0 Å². The van der Waals surface area contributed by atoms with E-state index in [0.29, 0.717) is 30.3 Å². The summed E-state index contributed by atoms with van der Waals surface area (Å²) in [5.74, 6) is 1.20. The molecule has 0 saturated carbocycles. The summed E-state index contributed by atoms with van der Waals surface area (Å²) in [6.45, 7) is 6.87. The molecule has 0 saturated heterocycles. The van der Waals surface area contributed by atoms with Gasteiger partial charge in [0, 0.05) is 23.2 Å². The lowest BCUT2D eigenvalue weighted by molar-refractivity contribution is -0.135. The molecule has 0 fully saturated rings. The number of para-hydroxylation sites is 2. The van der Waals surface area contributed by atoms with Gasteiger partial charge in [-0.1, -0.05) is 36.8 Å². The molecule has 37 heavy (non-hydrogen) atoms. The first kappa shape index (κ1) is 26.5. The van der Waals surface area contributed by atoms with Crippen LogP contribution >= 0.6 is 11.3 Å². The van der Waals surface area contributed by atoms with Gasteiger partial charge < -0.3 is 24.6 Å². The van der Waals surface area contributed by atoms with Gasteiger partial charge in [0.05, 0.1) is 13.2 Å². The highest BCUT2D eigenvalue weighted by molar-refractivity contribution is 7.10. The van der Waals surface area contributed by atoms with Crippen LogP contribution in [0.1, 0.15) is 42.3 Å². The summed E-state index contributed by atoms with van der Waals surface area (Å²) in [6.07, 6.45) is 1.53. The van der Waals surface area contributed by atoms with Gasteiger partial charge in [0.1, 0.15) is 13.2 Å². The summed E-state index contributed by atoms with van der Waals surface area (Å²) in [7, 11) is 1.61. The van der Waals surface area contributed by atoms with Crippen LogP contribution in [0.5, 0.6) is 11.5 Å². The number of nitrogens with one attached hydrogen (secondary N) is 1. The monoisotopic (exact) mass is 521 g/mol. The fourth-order valence-corrected chi connectivity index (χ4v) is 5.43. The maximum Gasteiger partial charge on any atom is 0.322 e. The number of hydrogen-bond acceptors (Lipinski definition) is 5. The largest absolute Gasteiger partial charge is 0.493 e. The first-order valence-corrected chi connectivity index (χ1v) is 13.5. The molecule has 2 heterocycles. The molecule has 3 amide bonds. The molecule has 0 spiro atoms. The quantitative estimate of drug-likeness (QED) is 0.380. The maximum atomic E-state index is 13.7. The van der Waals surface area contributed by atoms with Crippen LogP contribution in [0.15, 0.2) is 60.0 Å². The van der Waals surface area contributed by atoms with E-state index in [2.05, 4.69) is 16.8 Å². The predicted octanol–water partition coefficient (Wildman–Crippen LogP) is 5.90. The van der Waals surface area contributed by atoms with Gasteiger partial charge in [-0.15, -0.1) is 11.3 Å². The number of ether oxygens (including phenoxy) is 2. The number of methoxy groups -OCH3 is 1. The van der Waals surface area contributed by atoms with Crippen molar-refractivity contribution < 1.29 is 19.1 Å². The molecule has 4 rings (SSSR count). The van der Waals surface area contributed by atoms with Crippen LogP contribution in [-0.4, -0.2) is 54.6 Å². The summed E-state index contributed by atoms with van der Waals surface area (Å²) >= 11 is 1.71. The van der Waals surface area contributed by atoms with Crippen molar-refractivity contribution in [2.75, 3.05) is 32.1 Å². The molecule has 1 aromatic heterocycles. The maximum absolute atomic E-state index is 13.7. The molecule has 8 heteroatoms. The Hall–Kier alpha value is -3.52. The zero-order chi connectivity index (χ0) is 26.4. The SMILES string of the molecule is CC[C@@H](C)N(CC(=O)N1CCc2sccc2[C@@H]1COc1ccccc1OC)C(=O)Nc1ccc(C)cc1. The molecule has 2 aromatic carbocycles. The van der Waals surface area contributed by atoms with Gasteiger partial charge in [-0.3, -0.25) is 4.79 Å². The van der Waals surface area contributed by atoms with Crippen LogP contribution in [0, 0.1) is 6.92 Å². The second-order valence-corrected chi connectivity index (χ2v) is 10.3. The zero-order valence-corrected chi connectivity index (χ0v) is 22.7. The number of thiophene rings is 1. The summed E-state index contributed by atoms with van der Waals surface area (Å²) in [5.41, 5.74) is 2.94. The summed E-state index contributed by atoms with van der Waals surface area (Å²) in [6, 6.07) is 16.6. The van der Waals surface area contributed by atoms with Crippen LogP contribution in [-0.2, 0) is 11.2 Å². The average molecular weight is 522 g/mol. The van der Waals surface area contributed by atoms with Crippen LogP contribution < -0.4 is 14.8 Å². The van der Waals surface area contributed by atoms with Crippen LogP contribution in [0.2, 0.25) is 0 Å². The third-order valence-corrected chi connectivity index (χ3v) is 7.87. The van der Waals surface area contributed by atoms with Crippen LogP contribution in [0.3, 0.4) is 0 Å². The highest BCUT2D eigenvalue weighted by Gasteiger charge is 2.34. The minimum atomic E-state index is -0.276. The van der Waals surface area contributed by atoms with Gasteiger partial charge in [-0.2, -0.15) is 0 Å². The van der Waals surface area contributed by atoms with Crippen molar-refractivity contribution in [1.82, 2.24) is 9.80 Å². The Bertz CT molecular complexity index is 1210. The number of carbonyl (C=O) groups excluding carboxylic acids is 2. The Morgan fingerprint density at radius 2 is 1.86 bits per heavy atom. The molecular formula is C29H35N3O4S. The fraction of sp³-hybridized carbons (Fsp3) is 0.379. The van der Waals surface area contributed by atoms with Crippen molar-refractivity contribution in [2.24, 2.45) is 0 Å². The Morgan fingerprint density at radius 1 is 1.14 bits per heavy atom. The van der Waals surface area contributed by atoms with Crippen molar-refractivity contribution in [3.63, 3.8) is 0 Å². The lowest BCUT2D eigenvalue weighted by Crippen LogP contribution is -2.50. The molecule has 2 atom stereocenters. The van der Waals surface area contributed by atoms with E-state index in [9.17, 15) is 9.59 Å². The molecule has 0 bridgehead atoms. The van der Waals surface area contributed by atoms with Gasteiger partial charge in [0.2, 0.25) is 5.91 Å². The van der Waals surface area contributed by atoms with Gasteiger partial charge >= 0.3 is 6.03 Å². The third kappa shape index (κ3) is 6.25. The molecule has 1 N–H and O–H groups in total. The number of aryl methyl sites for hydroxylation is 1. The van der Waals surface area contributed by atoms with Crippen molar-refractivity contribution in [3.8, 4) is 11.5 Å². The first-order valence-electron chi connectivity index (χ1n) is 12.7. The van der Waals surface area contributed by atoms with Gasteiger partial charge in [-0.05, 0) is 68.0 Å². The van der Waals surface area contributed by atoms with Gasteiger partial charge in [-0.25, -0.2) is 4.79 Å². The standard InChI is InChI=1S/C29H35N3O4S/c1-5-21(3)32(29(34)30-22-12-10-20(2)11-13-22)18-28(33)31-16-14-27-23(15-17-37-27)24(31)19-36-26-9-7-6-8-25(26)35-4/h6-13,15,17,21,24H,5,14,16,18-19H2,1-4H3,(H,30,34)/t21-,24+/m1/s1. The third-order valence-electron chi connectivity index (χ3n) is 6.87. The van der Waals surface area contributed by atoms with Crippen molar-refractivity contribution in [2.45, 2.75) is 45.7 Å². The van der Waals surface area contributed by atoms with Gasteiger partial charge in [0.15, 0.2) is 11.5 Å². The normalized spacial score (nSPS) is 15.5. The van der Waals surface area contributed by atoms with E-state index < -0.39 is 0 Å². The fourth-order valence-electron chi connectivity index (χ4n) is 4.50. The number of rotatable bonds is 9. The van der Waals surface area contributed by atoms with Crippen LogP contribution in [0.4, 0.5) is 10.5 Å². The number of anilines is 1.